The normalized spacial score (nSPS) is 11.0. The van der Waals surface area contributed by atoms with E-state index in [0.717, 1.165) is 12.1 Å². The van der Waals surface area contributed by atoms with Crippen molar-refractivity contribution in [1.82, 2.24) is 4.98 Å². The van der Waals surface area contributed by atoms with Crippen LogP contribution in [0.3, 0.4) is 0 Å². The number of oxazole rings is 1. The fourth-order valence-corrected chi connectivity index (χ4v) is 2.68. The van der Waals surface area contributed by atoms with Crippen LogP contribution >= 0.6 is 11.6 Å². The predicted molar refractivity (Wildman–Crippen MR) is 96.9 cm³/mol. The van der Waals surface area contributed by atoms with Gasteiger partial charge in [-0.15, -0.1) is 0 Å². The van der Waals surface area contributed by atoms with E-state index in [1.807, 2.05) is 0 Å². The van der Waals surface area contributed by atoms with Crippen molar-refractivity contribution in [3.05, 3.63) is 65.1 Å². The molecule has 10 heteroatoms. The molecule has 1 amide bonds. The fraction of sp³-hybridized carbons (Fsp3) is 0.158. The van der Waals surface area contributed by atoms with E-state index in [4.69, 9.17) is 16.0 Å². The van der Waals surface area contributed by atoms with Crippen molar-refractivity contribution < 1.29 is 31.5 Å². The third-order valence-electron chi connectivity index (χ3n) is 3.75. The minimum atomic E-state index is -3.01. The van der Waals surface area contributed by atoms with Crippen LogP contribution in [0, 0.1) is 11.6 Å². The summed E-state index contributed by atoms with van der Waals surface area (Å²) in [5.74, 6) is -1.81. The maximum Gasteiger partial charge on any atom is 0.387 e. The van der Waals surface area contributed by atoms with Crippen molar-refractivity contribution in [3.63, 3.8) is 0 Å². The van der Waals surface area contributed by atoms with Crippen molar-refractivity contribution in [1.29, 1.82) is 0 Å². The highest BCUT2D eigenvalue weighted by Crippen LogP contribution is 2.29. The van der Waals surface area contributed by atoms with E-state index in [-0.39, 0.29) is 40.8 Å². The quantitative estimate of drug-likeness (QED) is 0.508. The van der Waals surface area contributed by atoms with Crippen molar-refractivity contribution in [2.75, 3.05) is 5.32 Å². The molecule has 0 atom stereocenters. The van der Waals surface area contributed by atoms with Gasteiger partial charge >= 0.3 is 6.61 Å². The van der Waals surface area contributed by atoms with Gasteiger partial charge in [0.1, 0.15) is 17.4 Å². The van der Waals surface area contributed by atoms with E-state index in [2.05, 4.69) is 15.0 Å². The number of aryl methyl sites for hydroxylation is 1. The van der Waals surface area contributed by atoms with Crippen LogP contribution in [0.15, 0.2) is 47.0 Å². The molecule has 5 nitrogen and oxygen atoms in total. The zero-order valence-corrected chi connectivity index (χ0v) is 15.4. The monoisotopic (exact) mass is 428 g/mol. The lowest BCUT2D eigenvalue weighted by Crippen LogP contribution is -2.12. The first kappa shape index (κ1) is 20.7. The molecule has 0 saturated heterocycles. The topological polar surface area (TPSA) is 64.4 Å². The molecule has 1 aromatic heterocycles. The molecule has 2 aromatic carbocycles. The Morgan fingerprint density at radius 1 is 1.21 bits per heavy atom. The van der Waals surface area contributed by atoms with E-state index in [9.17, 15) is 22.4 Å². The maximum atomic E-state index is 13.8. The summed E-state index contributed by atoms with van der Waals surface area (Å²) >= 11 is 5.82. The molecule has 152 valence electrons. The molecule has 0 aliphatic rings. The molecule has 0 bridgehead atoms. The summed E-state index contributed by atoms with van der Waals surface area (Å²) in [5.41, 5.74) is 0.346. The van der Waals surface area contributed by atoms with E-state index in [0.29, 0.717) is 5.69 Å². The van der Waals surface area contributed by atoms with Crippen molar-refractivity contribution in [2.24, 2.45) is 0 Å². The lowest BCUT2D eigenvalue weighted by Gasteiger charge is -2.09. The number of rotatable bonds is 7. The molecule has 1 N–H and O–H groups in total. The van der Waals surface area contributed by atoms with Gasteiger partial charge in [-0.3, -0.25) is 4.79 Å². The van der Waals surface area contributed by atoms with Gasteiger partial charge in [-0.05, 0) is 30.3 Å². The van der Waals surface area contributed by atoms with E-state index >= 15 is 0 Å². The zero-order valence-electron chi connectivity index (χ0n) is 14.6. The average Bonchev–Trinajstić information content (AvgIpc) is 3.11. The number of carbonyl (C=O) groups excluding carboxylic acids is 1. The SMILES string of the molecule is O=C(CCc1ncc(-c2ccc(F)cc2F)o1)Nc1ccc(OC(F)F)c(Cl)c1. The Labute approximate surface area is 167 Å². The van der Waals surface area contributed by atoms with Crippen molar-refractivity contribution in [3.8, 4) is 17.1 Å². The Morgan fingerprint density at radius 3 is 2.69 bits per heavy atom. The summed E-state index contributed by atoms with van der Waals surface area (Å²) in [6.07, 6.45) is 1.39. The maximum absolute atomic E-state index is 13.8. The first-order chi connectivity index (χ1) is 13.8. The number of halogens is 5. The summed E-state index contributed by atoms with van der Waals surface area (Å²) in [4.78, 5) is 16.0. The number of carbonyl (C=O) groups is 1. The highest BCUT2D eigenvalue weighted by atomic mass is 35.5. The van der Waals surface area contributed by atoms with E-state index in [1.165, 1.54) is 30.5 Å². The Bertz CT molecular complexity index is 1030. The summed E-state index contributed by atoms with van der Waals surface area (Å²) in [6.45, 7) is -3.01. The van der Waals surface area contributed by atoms with Gasteiger partial charge < -0.3 is 14.5 Å². The van der Waals surface area contributed by atoms with Crippen LogP contribution in [-0.4, -0.2) is 17.5 Å². The van der Waals surface area contributed by atoms with Crippen molar-refractivity contribution in [2.45, 2.75) is 19.5 Å². The number of hydrogen-bond donors (Lipinski definition) is 1. The molecule has 0 unspecified atom stereocenters. The molecule has 3 rings (SSSR count). The number of nitrogens with one attached hydrogen (secondary N) is 1. The van der Waals surface area contributed by atoms with Crippen LogP contribution in [0.25, 0.3) is 11.3 Å². The smallest absolute Gasteiger partial charge is 0.387 e. The second-order valence-electron chi connectivity index (χ2n) is 5.81. The second-order valence-corrected chi connectivity index (χ2v) is 6.22. The van der Waals surface area contributed by atoms with Crippen LogP contribution < -0.4 is 10.1 Å². The fourth-order valence-electron chi connectivity index (χ4n) is 2.45. The third kappa shape index (κ3) is 5.47. The van der Waals surface area contributed by atoms with Gasteiger partial charge in [-0.2, -0.15) is 8.78 Å². The molecule has 29 heavy (non-hydrogen) atoms. The van der Waals surface area contributed by atoms with Crippen LogP contribution in [0.1, 0.15) is 12.3 Å². The molecule has 0 saturated carbocycles. The first-order valence-corrected chi connectivity index (χ1v) is 8.64. The molecule has 0 fully saturated rings. The van der Waals surface area contributed by atoms with Gasteiger partial charge in [0.05, 0.1) is 16.8 Å². The minimum absolute atomic E-state index is 0.0151. The standard InChI is InChI=1S/C19H13ClF4N2O3/c20-13-8-11(2-4-15(13)29-19(23)24)26-17(27)5-6-18-25-9-16(28-18)12-3-1-10(21)7-14(12)22/h1-4,7-9,19H,5-6H2,(H,26,27). The summed E-state index contributed by atoms with van der Waals surface area (Å²) < 4.78 is 60.8. The Morgan fingerprint density at radius 2 is 2.00 bits per heavy atom. The number of amides is 1. The third-order valence-corrected chi connectivity index (χ3v) is 4.04. The first-order valence-electron chi connectivity index (χ1n) is 8.26. The summed E-state index contributed by atoms with van der Waals surface area (Å²) in [7, 11) is 0. The van der Waals surface area contributed by atoms with Gasteiger partial charge in [0, 0.05) is 24.6 Å². The van der Waals surface area contributed by atoms with Crippen LogP contribution in [0.4, 0.5) is 23.2 Å². The highest BCUT2D eigenvalue weighted by molar-refractivity contribution is 6.32. The number of hydrogen-bond acceptors (Lipinski definition) is 4. The van der Waals surface area contributed by atoms with Gasteiger partial charge in [0.25, 0.3) is 0 Å². The lowest BCUT2D eigenvalue weighted by atomic mass is 10.2. The number of anilines is 1. The predicted octanol–water partition coefficient (Wildman–Crippen LogP) is 5.45. The molecular weight excluding hydrogens is 416 g/mol. The minimum Gasteiger partial charge on any atom is -0.441 e. The molecule has 0 aliphatic carbocycles. The molecular formula is C19H13ClF4N2O3. The zero-order chi connectivity index (χ0) is 21.0. The molecule has 0 radical (unpaired) electrons. The molecule has 0 aliphatic heterocycles. The largest absolute Gasteiger partial charge is 0.441 e. The van der Waals surface area contributed by atoms with Crippen LogP contribution in [0.5, 0.6) is 5.75 Å². The number of nitrogens with zero attached hydrogens (tertiary/aromatic N) is 1. The number of aromatic nitrogens is 1. The van der Waals surface area contributed by atoms with Crippen LogP contribution in [-0.2, 0) is 11.2 Å². The van der Waals surface area contributed by atoms with Crippen molar-refractivity contribution >= 4 is 23.2 Å². The average molecular weight is 429 g/mol. The van der Waals surface area contributed by atoms with Gasteiger partial charge in [-0.25, -0.2) is 13.8 Å². The second kappa shape index (κ2) is 8.95. The Hall–Kier alpha value is -3.07. The van der Waals surface area contributed by atoms with Gasteiger partial charge in [-0.1, -0.05) is 11.6 Å². The number of ether oxygens (including phenoxy) is 1. The van der Waals surface area contributed by atoms with E-state index in [1.54, 1.807) is 0 Å². The van der Waals surface area contributed by atoms with Gasteiger partial charge in [0.15, 0.2) is 11.7 Å². The molecule has 1 heterocycles. The Kier molecular flexibility index (Phi) is 6.38. The van der Waals surface area contributed by atoms with E-state index < -0.39 is 24.2 Å². The molecule has 0 spiro atoms. The summed E-state index contributed by atoms with van der Waals surface area (Å²) in [6, 6.07) is 6.90. The highest BCUT2D eigenvalue weighted by Gasteiger charge is 2.14. The van der Waals surface area contributed by atoms with Crippen LogP contribution in [0.2, 0.25) is 5.02 Å². The van der Waals surface area contributed by atoms with Gasteiger partial charge in [0.2, 0.25) is 5.91 Å². The number of alkyl halides is 2. The summed E-state index contributed by atoms with van der Waals surface area (Å²) in [5, 5.41) is 2.47. The Balaban J connectivity index is 1.57. The molecule has 3 aromatic rings. The lowest BCUT2D eigenvalue weighted by molar-refractivity contribution is -0.116. The number of benzene rings is 2.